The molecule has 2 aromatic rings. The van der Waals surface area contributed by atoms with E-state index < -0.39 is 11.7 Å². The van der Waals surface area contributed by atoms with Gasteiger partial charge in [-0.2, -0.15) is 0 Å². The first-order valence-electron chi connectivity index (χ1n) is 7.31. The molecule has 2 heterocycles. The summed E-state index contributed by atoms with van der Waals surface area (Å²) in [4.78, 5) is 2.17. The summed E-state index contributed by atoms with van der Waals surface area (Å²) in [6, 6.07) is 12.0. The molecule has 0 amide bonds. The molecule has 2 atom stereocenters. The van der Waals surface area contributed by atoms with Crippen molar-refractivity contribution in [1.29, 1.82) is 0 Å². The quantitative estimate of drug-likeness (QED) is 0.909. The Bertz CT molecular complexity index is 592. The zero-order valence-electron chi connectivity index (χ0n) is 12.2. The smallest absolute Gasteiger partial charge is 0.134 e. The number of aliphatic hydroxyl groups is 2. The van der Waals surface area contributed by atoms with Gasteiger partial charge in [0.1, 0.15) is 5.76 Å². The first-order valence-corrected chi connectivity index (χ1v) is 7.31. The molecule has 0 unspecified atom stereocenters. The van der Waals surface area contributed by atoms with Crippen LogP contribution in [0.4, 0.5) is 0 Å². The van der Waals surface area contributed by atoms with Gasteiger partial charge in [0, 0.05) is 25.2 Å². The van der Waals surface area contributed by atoms with Gasteiger partial charge in [-0.15, -0.1) is 0 Å². The zero-order valence-corrected chi connectivity index (χ0v) is 12.2. The van der Waals surface area contributed by atoms with Crippen molar-refractivity contribution in [1.82, 2.24) is 4.90 Å². The summed E-state index contributed by atoms with van der Waals surface area (Å²) in [5, 5.41) is 20.1. The van der Waals surface area contributed by atoms with Gasteiger partial charge in [0.2, 0.25) is 0 Å². The van der Waals surface area contributed by atoms with Crippen LogP contribution in [0.5, 0.6) is 0 Å². The van der Waals surface area contributed by atoms with E-state index in [9.17, 15) is 10.2 Å². The number of furan rings is 1. The molecule has 1 fully saturated rings. The minimum absolute atomic E-state index is 0.486. The Hall–Kier alpha value is -1.62. The van der Waals surface area contributed by atoms with E-state index in [1.165, 1.54) is 5.56 Å². The van der Waals surface area contributed by atoms with Crippen LogP contribution >= 0.6 is 0 Å². The van der Waals surface area contributed by atoms with E-state index in [1.54, 1.807) is 13.2 Å². The average molecular weight is 287 g/mol. The fraction of sp³-hybridized carbons (Fsp3) is 0.412. The molecule has 0 aliphatic carbocycles. The third-order valence-corrected chi connectivity index (χ3v) is 4.28. The van der Waals surface area contributed by atoms with Crippen molar-refractivity contribution >= 4 is 0 Å². The standard InChI is InChI=1S/C17H21NO3/c1-17(20)8-9-18(12-16(17)19)11-13-5-2-3-6-14(13)15-7-4-10-21-15/h2-7,10,16,19-20H,8-9,11-12H2,1H3/t16-,17-/m0/s1. The largest absolute Gasteiger partial charge is 0.464 e. The Balaban J connectivity index is 1.77. The number of rotatable bonds is 3. The second-order valence-corrected chi connectivity index (χ2v) is 5.99. The molecule has 4 heteroatoms. The zero-order chi connectivity index (χ0) is 14.9. The highest BCUT2D eigenvalue weighted by Crippen LogP contribution is 2.28. The van der Waals surface area contributed by atoms with Gasteiger partial charge in [-0.3, -0.25) is 4.90 Å². The molecule has 1 aliphatic heterocycles. The molecule has 2 N–H and O–H groups in total. The molecule has 1 aromatic carbocycles. The second-order valence-electron chi connectivity index (χ2n) is 5.99. The number of aliphatic hydroxyl groups excluding tert-OH is 1. The lowest BCUT2D eigenvalue weighted by atomic mass is 9.90. The lowest BCUT2D eigenvalue weighted by Crippen LogP contribution is -2.53. The Morgan fingerprint density at radius 2 is 2.10 bits per heavy atom. The van der Waals surface area contributed by atoms with Crippen molar-refractivity contribution in [2.24, 2.45) is 0 Å². The number of piperidine rings is 1. The topological polar surface area (TPSA) is 56.8 Å². The first-order chi connectivity index (χ1) is 10.1. The molecule has 21 heavy (non-hydrogen) atoms. The maximum atomic E-state index is 10.0. The third kappa shape index (κ3) is 3.02. The number of benzene rings is 1. The van der Waals surface area contributed by atoms with Crippen LogP contribution < -0.4 is 0 Å². The molecule has 1 saturated heterocycles. The Morgan fingerprint density at radius 3 is 2.81 bits per heavy atom. The maximum Gasteiger partial charge on any atom is 0.134 e. The highest BCUT2D eigenvalue weighted by Gasteiger charge is 2.36. The monoisotopic (exact) mass is 287 g/mol. The van der Waals surface area contributed by atoms with Crippen LogP contribution in [-0.2, 0) is 6.54 Å². The molecule has 0 bridgehead atoms. The van der Waals surface area contributed by atoms with Crippen LogP contribution in [0.3, 0.4) is 0 Å². The van der Waals surface area contributed by atoms with Gasteiger partial charge in [0.25, 0.3) is 0 Å². The van der Waals surface area contributed by atoms with Crippen molar-refractivity contribution in [2.75, 3.05) is 13.1 Å². The summed E-state index contributed by atoms with van der Waals surface area (Å²) in [5.74, 6) is 0.857. The van der Waals surface area contributed by atoms with Crippen LogP contribution in [0.25, 0.3) is 11.3 Å². The van der Waals surface area contributed by atoms with Crippen molar-refractivity contribution in [3.63, 3.8) is 0 Å². The minimum atomic E-state index is -0.975. The molecule has 0 saturated carbocycles. The van der Waals surface area contributed by atoms with E-state index in [0.717, 1.165) is 24.4 Å². The summed E-state index contributed by atoms with van der Waals surface area (Å²) in [6.45, 7) is 3.70. The molecule has 1 aliphatic rings. The minimum Gasteiger partial charge on any atom is -0.464 e. The molecule has 0 radical (unpaired) electrons. The van der Waals surface area contributed by atoms with E-state index in [4.69, 9.17) is 4.42 Å². The average Bonchev–Trinajstić information content (AvgIpc) is 2.98. The van der Waals surface area contributed by atoms with Gasteiger partial charge in [0.15, 0.2) is 0 Å². The van der Waals surface area contributed by atoms with Crippen LogP contribution in [0.15, 0.2) is 47.1 Å². The van der Waals surface area contributed by atoms with Crippen LogP contribution in [0, 0.1) is 0 Å². The van der Waals surface area contributed by atoms with Crippen LogP contribution in [0.2, 0.25) is 0 Å². The van der Waals surface area contributed by atoms with Crippen LogP contribution in [-0.4, -0.2) is 39.9 Å². The lowest BCUT2D eigenvalue weighted by Gasteiger charge is -2.40. The first kappa shape index (κ1) is 14.3. The Kier molecular flexibility index (Phi) is 3.85. The molecule has 1 aromatic heterocycles. The molecule has 0 spiro atoms. The fourth-order valence-electron chi connectivity index (χ4n) is 2.80. The van der Waals surface area contributed by atoms with Gasteiger partial charge in [-0.25, -0.2) is 0 Å². The van der Waals surface area contributed by atoms with Gasteiger partial charge in [0.05, 0.1) is 18.0 Å². The number of hydrogen-bond acceptors (Lipinski definition) is 4. The predicted octanol–water partition coefficient (Wildman–Crippen LogP) is 2.26. The lowest BCUT2D eigenvalue weighted by molar-refractivity contribution is -0.108. The third-order valence-electron chi connectivity index (χ3n) is 4.28. The van der Waals surface area contributed by atoms with E-state index >= 15 is 0 Å². The molecular weight excluding hydrogens is 266 g/mol. The molecular formula is C17H21NO3. The van der Waals surface area contributed by atoms with E-state index in [0.29, 0.717) is 13.0 Å². The number of nitrogens with zero attached hydrogens (tertiary/aromatic N) is 1. The van der Waals surface area contributed by atoms with Gasteiger partial charge in [-0.05, 0) is 31.0 Å². The number of hydrogen-bond donors (Lipinski definition) is 2. The van der Waals surface area contributed by atoms with E-state index in [1.807, 2.05) is 30.3 Å². The summed E-state index contributed by atoms with van der Waals surface area (Å²) in [7, 11) is 0. The Morgan fingerprint density at radius 1 is 1.29 bits per heavy atom. The number of likely N-dealkylation sites (tertiary alicyclic amines) is 1. The van der Waals surface area contributed by atoms with Crippen molar-refractivity contribution in [3.8, 4) is 11.3 Å². The molecule has 112 valence electrons. The van der Waals surface area contributed by atoms with Gasteiger partial charge in [-0.1, -0.05) is 24.3 Å². The highest BCUT2D eigenvalue weighted by atomic mass is 16.3. The highest BCUT2D eigenvalue weighted by molar-refractivity contribution is 5.61. The summed E-state index contributed by atoms with van der Waals surface area (Å²) in [5.41, 5.74) is 1.27. The van der Waals surface area contributed by atoms with Gasteiger partial charge < -0.3 is 14.6 Å². The maximum absolute atomic E-state index is 10.0. The molecule has 3 rings (SSSR count). The Labute approximate surface area is 124 Å². The van der Waals surface area contributed by atoms with Crippen molar-refractivity contribution in [2.45, 2.75) is 31.6 Å². The van der Waals surface area contributed by atoms with Gasteiger partial charge >= 0.3 is 0 Å². The second kappa shape index (κ2) is 5.64. The van der Waals surface area contributed by atoms with Crippen LogP contribution in [0.1, 0.15) is 18.9 Å². The van der Waals surface area contributed by atoms with E-state index in [2.05, 4.69) is 11.0 Å². The van der Waals surface area contributed by atoms with Crippen molar-refractivity contribution in [3.05, 3.63) is 48.2 Å². The SMILES string of the molecule is C[C@]1(O)CCN(Cc2ccccc2-c2ccco2)C[C@@H]1O. The fourth-order valence-corrected chi connectivity index (χ4v) is 2.80. The van der Waals surface area contributed by atoms with E-state index in [-0.39, 0.29) is 0 Å². The summed E-state index contributed by atoms with van der Waals surface area (Å²) in [6.07, 6.45) is 1.55. The number of β-amino-alcohol motifs (C(OH)–C–C–N with tert-alkyl or cyclic N) is 1. The van der Waals surface area contributed by atoms with Crippen molar-refractivity contribution < 1.29 is 14.6 Å². The normalized spacial score (nSPS) is 26.9. The summed E-state index contributed by atoms with van der Waals surface area (Å²) < 4.78 is 5.50. The summed E-state index contributed by atoms with van der Waals surface area (Å²) >= 11 is 0. The predicted molar refractivity (Wildman–Crippen MR) is 80.7 cm³/mol. The molecule has 4 nitrogen and oxygen atoms in total.